The Morgan fingerprint density at radius 2 is 1.68 bits per heavy atom. The predicted octanol–water partition coefficient (Wildman–Crippen LogP) is 3.07. The fraction of sp³-hybridized carbons (Fsp3) is 0.333. The molecular weight excluding hydrogens is 426 g/mol. The lowest BCUT2D eigenvalue weighted by molar-refractivity contribution is 0.0962. The average molecular weight is 449 g/mol. The second-order valence-corrected chi connectivity index (χ2v) is 7.23. The molecule has 1 saturated heterocycles. The minimum absolute atomic E-state index is 0. The minimum Gasteiger partial charge on any atom is -0.369 e. The number of Topliss-reactive ketones (excluding diaryl/α,β-unsaturated/α-hetero) is 1. The second kappa shape index (κ2) is 9.93. The molecular formula is C21H23ClF2N6O. The molecule has 0 bridgehead atoms. The van der Waals surface area contributed by atoms with Crippen molar-refractivity contribution in [1.29, 1.82) is 0 Å². The number of nitrogens with zero attached hydrogens (tertiary/aromatic N) is 6. The van der Waals surface area contributed by atoms with Crippen LogP contribution in [0.2, 0.25) is 0 Å². The molecule has 3 aromatic rings. The maximum atomic E-state index is 13.4. The Labute approximate surface area is 185 Å². The second-order valence-electron chi connectivity index (χ2n) is 7.23. The van der Waals surface area contributed by atoms with Gasteiger partial charge in [-0.25, -0.2) is 23.4 Å². The lowest BCUT2D eigenvalue weighted by atomic mass is 10.1. The zero-order valence-electron chi connectivity index (χ0n) is 17.0. The van der Waals surface area contributed by atoms with Crippen molar-refractivity contribution < 1.29 is 13.6 Å². The van der Waals surface area contributed by atoms with Crippen molar-refractivity contribution in [2.45, 2.75) is 13.3 Å². The number of rotatable bonds is 6. The van der Waals surface area contributed by atoms with Crippen LogP contribution in [0.15, 0.2) is 42.9 Å². The summed E-state index contributed by atoms with van der Waals surface area (Å²) in [5, 5.41) is 4.25. The molecule has 4 rings (SSSR count). The molecule has 1 fully saturated rings. The van der Waals surface area contributed by atoms with E-state index in [4.69, 9.17) is 0 Å². The standard InChI is InChI=1S/C21H22F2N6O.ClH/c1-15-19(14-26-29(15)21-24-4-2-5-25-21)20(30)3-6-27-7-9-28(10-8-27)18-12-16(22)11-17(23)13-18;/h2,4-5,11-14H,3,6-10H2,1H3;1H. The Balaban J connectivity index is 0.00000272. The molecule has 164 valence electrons. The maximum absolute atomic E-state index is 13.4. The first-order chi connectivity index (χ1) is 14.5. The highest BCUT2D eigenvalue weighted by molar-refractivity contribution is 5.97. The van der Waals surface area contributed by atoms with Gasteiger partial charge in [-0.15, -0.1) is 12.4 Å². The average Bonchev–Trinajstić information content (AvgIpc) is 3.14. The van der Waals surface area contributed by atoms with Crippen LogP contribution in [0.5, 0.6) is 0 Å². The molecule has 1 aromatic carbocycles. The molecule has 10 heteroatoms. The number of hydrogen-bond acceptors (Lipinski definition) is 6. The molecule has 0 spiro atoms. The number of carbonyl (C=O) groups is 1. The smallest absolute Gasteiger partial charge is 0.250 e. The van der Waals surface area contributed by atoms with E-state index in [1.807, 2.05) is 11.8 Å². The topological polar surface area (TPSA) is 67.2 Å². The van der Waals surface area contributed by atoms with Crippen LogP contribution in [0.3, 0.4) is 0 Å². The summed E-state index contributed by atoms with van der Waals surface area (Å²) in [6.07, 6.45) is 5.19. The predicted molar refractivity (Wildman–Crippen MR) is 115 cm³/mol. The highest BCUT2D eigenvalue weighted by atomic mass is 35.5. The number of hydrogen-bond donors (Lipinski definition) is 0. The van der Waals surface area contributed by atoms with Crippen LogP contribution in [0.4, 0.5) is 14.5 Å². The van der Waals surface area contributed by atoms with E-state index >= 15 is 0 Å². The van der Waals surface area contributed by atoms with Gasteiger partial charge in [0.05, 0.1) is 17.5 Å². The van der Waals surface area contributed by atoms with Crippen LogP contribution < -0.4 is 4.90 Å². The van der Waals surface area contributed by atoms with Gasteiger partial charge in [0.15, 0.2) is 5.78 Å². The number of benzene rings is 1. The maximum Gasteiger partial charge on any atom is 0.250 e. The van der Waals surface area contributed by atoms with E-state index in [0.29, 0.717) is 48.9 Å². The zero-order valence-corrected chi connectivity index (χ0v) is 17.9. The monoisotopic (exact) mass is 448 g/mol. The number of piperazine rings is 1. The van der Waals surface area contributed by atoms with E-state index in [-0.39, 0.29) is 18.2 Å². The quantitative estimate of drug-likeness (QED) is 0.540. The Bertz CT molecular complexity index is 1020. The summed E-state index contributed by atoms with van der Waals surface area (Å²) in [6.45, 7) is 5.20. The molecule has 3 heterocycles. The first-order valence-corrected chi connectivity index (χ1v) is 9.80. The third-order valence-corrected chi connectivity index (χ3v) is 5.29. The Morgan fingerprint density at radius 3 is 2.32 bits per heavy atom. The Kier molecular flexibility index (Phi) is 7.29. The SMILES string of the molecule is Cc1c(C(=O)CCN2CCN(c3cc(F)cc(F)c3)CC2)cnn1-c1ncccn1.Cl. The molecule has 0 amide bonds. The summed E-state index contributed by atoms with van der Waals surface area (Å²) >= 11 is 0. The molecule has 0 atom stereocenters. The van der Waals surface area contributed by atoms with Crippen molar-refractivity contribution >= 4 is 23.9 Å². The molecule has 0 aliphatic carbocycles. The lowest BCUT2D eigenvalue weighted by Crippen LogP contribution is -2.47. The zero-order chi connectivity index (χ0) is 21.1. The van der Waals surface area contributed by atoms with Gasteiger partial charge in [-0.1, -0.05) is 0 Å². The van der Waals surface area contributed by atoms with E-state index < -0.39 is 11.6 Å². The van der Waals surface area contributed by atoms with Crippen LogP contribution in [-0.4, -0.2) is 63.2 Å². The Morgan fingerprint density at radius 1 is 1.03 bits per heavy atom. The molecule has 0 unspecified atom stereocenters. The number of anilines is 1. The fourth-order valence-electron chi connectivity index (χ4n) is 3.63. The van der Waals surface area contributed by atoms with Crippen LogP contribution in [-0.2, 0) is 0 Å². The van der Waals surface area contributed by atoms with Crippen LogP contribution in [0.25, 0.3) is 5.95 Å². The van der Waals surface area contributed by atoms with E-state index in [0.717, 1.165) is 19.2 Å². The molecule has 1 aliphatic rings. The van der Waals surface area contributed by atoms with Gasteiger partial charge in [-0.3, -0.25) is 9.69 Å². The number of carbonyl (C=O) groups excluding carboxylic acids is 1. The largest absolute Gasteiger partial charge is 0.369 e. The molecule has 0 saturated carbocycles. The minimum atomic E-state index is -0.574. The van der Waals surface area contributed by atoms with Gasteiger partial charge in [-0.2, -0.15) is 5.10 Å². The number of halogens is 3. The normalized spacial score (nSPS) is 14.4. The van der Waals surface area contributed by atoms with Gasteiger partial charge < -0.3 is 4.90 Å². The molecule has 1 aliphatic heterocycles. The molecule has 31 heavy (non-hydrogen) atoms. The molecule has 0 N–H and O–H groups in total. The summed E-state index contributed by atoms with van der Waals surface area (Å²) in [7, 11) is 0. The van der Waals surface area contributed by atoms with Crippen molar-refractivity contribution in [2.24, 2.45) is 0 Å². The first kappa shape index (κ1) is 22.8. The van der Waals surface area contributed by atoms with Crippen LogP contribution in [0.1, 0.15) is 22.5 Å². The summed E-state index contributed by atoms with van der Waals surface area (Å²) in [6, 6.07) is 5.29. The fourth-order valence-corrected chi connectivity index (χ4v) is 3.63. The van der Waals surface area contributed by atoms with E-state index in [1.165, 1.54) is 12.1 Å². The lowest BCUT2D eigenvalue weighted by Gasteiger charge is -2.36. The van der Waals surface area contributed by atoms with Crippen molar-refractivity contribution in [1.82, 2.24) is 24.6 Å². The number of aromatic nitrogens is 4. The van der Waals surface area contributed by atoms with Gasteiger partial charge in [0.1, 0.15) is 11.6 Å². The third kappa shape index (κ3) is 5.23. The molecule has 7 nitrogen and oxygen atoms in total. The van der Waals surface area contributed by atoms with Gasteiger partial charge in [-0.05, 0) is 25.1 Å². The summed E-state index contributed by atoms with van der Waals surface area (Å²) < 4.78 is 28.4. The highest BCUT2D eigenvalue weighted by Gasteiger charge is 2.21. The first-order valence-electron chi connectivity index (χ1n) is 9.80. The molecule has 2 aromatic heterocycles. The Hall–Kier alpha value is -2.91. The van der Waals surface area contributed by atoms with Gasteiger partial charge in [0.25, 0.3) is 5.95 Å². The van der Waals surface area contributed by atoms with Crippen molar-refractivity contribution in [3.63, 3.8) is 0 Å². The summed E-state index contributed by atoms with van der Waals surface area (Å²) in [4.78, 5) is 25.2. The van der Waals surface area contributed by atoms with E-state index in [9.17, 15) is 13.6 Å². The molecule has 0 radical (unpaired) electrons. The van der Waals surface area contributed by atoms with Crippen LogP contribution in [0, 0.1) is 18.6 Å². The van der Waals surface area contributed by atoms with Gasteiger partial charge >= 0.3 is 0 Å². The summed E-state index contributed by atoms with van der Waals surface area (Å²) in [5.74, 6) is -0.701. The highest BCUT2D eigenvalue weighted by Crippen LogP contribution is 2.20. The summed E-state index contributed by atoms with van der Waals surface area (Å²) in [5.41, 5.74) is 1.83. The van der Waals surface area contributed by atoms with Gasteiger partial charge in [0.2, 0.25) is 0 Å². The third-order valence-electron chi connectivity index (χ3n) is 5.29. The van der Waals surface area contributed by atoms with E-state index in [1.54, 1.807) is 29.3 Å². The van der Waals surface area contributed by atoms with Gasteiger partial charge in [0, 0.05) is 63.3 Å². The van der Waals surface area contributed by atoms with Crippen LogP contribution >= 0.6 is 12.4 Å². The van der Waals surface area contributed by atoms with Crippen molar-refractivity contribution in [2.75, 3.05) is 37.6 Å². The number of ketones is 1. The van der Waals surface area contributed by atoms with Crippen molar-refractivity contribution in [3.8, 4) is 5.95 Å². The van der Waals surface area contributed by atoms with Crippen molar-refractivity contribution in [3.05, 3.63) is 65.7 Å². The van der Waals surface area contributed by atoms with E-state index in [2.05, 4.69) is 20.0 Å².